The van der Waals surface area contributed by atoms with Gasteiger partial charge in [-0.05, 0) is 48.9 Å². The molecule has 2 heterocycles. The van der Waals surface area contributed by atoms with Crippen LogP contribution in [0, 0.1) is 25.2 Å². The average Bonchev–Trinajstić information content (AvgIpc) is 2.84. The number of nitrogens with one attached hydrogen (secondary N) is 1. The normalized spacial score (nSPS) is 15.3. The summed E-state index contributed by atoms with van der Waals surface area (Å²) in [5.74, 6) is 0.0142. The molecule has 1 atom stereocenters. The number of hydrogen-bond acceptors (Lipinski definition) is 8. The molecule has 0 spiro atoms. The number of nitrogens with zero attached hydrogens (tertiary/aromatic N) is 3. The Kier molecular flexibility index (Phi) is 8.57. The van der Waals surface area contributed by atoms with Crippen LogP contribution in [0.25, 0.3) is 0 Å². The minimum atomic E-state index is -0.669. The third-order valence-electron chi connectivity index (χ3n) is 6.32. The molecule has 1 fully saturated rings. The minimum absolute atomic E-state index is 0.00228. The molecule has 0 unspecified atom stereocenters. The van der Waals surface area contributed by atoms with Crippen LogP contribution in [0.15, 0.2) is 24.4 Å². The maximum Gasteiger partial charge on any atom is 0.293 e. The summed E-state index contributed by atoms with van der Waals surface area (Å²) in [6.07, 6.45) is 2.16. The first-order valence-electron chi connectivity index (χ1n) is 11.2. The van der Waals surface area contributed by atoms with Gasteiger partial charge in [0.15, 0.2) is 0 Å². The number of aryl methyl sites for hydroxylation is 1. The van der Waals surface area contributed by atoms with Crippen LogP contribution in [-0.2, 0) is 16.1 Å². The number of ether oxygens (including phenoxy) is 2. The zero-order valence-corrected chi connectivity index (χ0v) is 19.7. The first-order valence-corrected chi connectivity index (χ1v) is 11.2. The maximum absolute atomic E-state index is 12.6. The summed E-state index contributed by atoms with van der Waals surface area (Å²) < 4.78 is 10.1. The van der Waals surface area contributed by atoms with Gasteiger partial charge in [-0.25, -0.2) is 4.98 Å². The maximum atomic E-state index is 12.6. The second-order valence-electron chi connectivity index (χ2n) is 8.43. The van der Waals surface area contributed by atoms with Crippen LogP contribution in [0.3, 0.4) is 0 Å². The van der Waals surface area contributed by atoms with Crippen molar-refractivity contribution in [2.45, 2.75) is 45.4 Å². The number of methoxy groups -OCH3 is 1. The molecule has 2 N–H and O–H groups in total. The van der Waals surface area contributed by atoms with E-state index < -0.39 is 6.10 Å². The Bertz CT molecular complexity index is 1070. The lowest BCUT2D eigenvalue weighted by Gasteiger charge is -2.34. The predicted molar refractivity (Wildman–Crippen MR) is 124 cm³/mol. The second-order valence-corrected chi connectivity index (χ2v) is 8.43. The van der Waals surface area contributed by atoms with Crippen LogP contribution < -0.4 is 10.1 Å². The highest BCUT2D eigenvalue weighted by atomic mass is 16.5. The molecule has 1 aromatic heterocycles. The molecule has 1 aromatic carbocycles. The summed E-state index contributed by atoms with van der Waals surface area (Å²) in [6.45, 7) is 6.45. The van der Waals surface area contributed by atoms with Crippen LogP contribution in [0.4, 0.5) is 0 Å². The van der Waals surface area contributed by atoms with Crippen LogP contribution in [-0.4, -0.2) is 60.2 Å². The summed E-state index contributed by atoms with van der Waals surface area (Å²) in [5, 5.41) is 22.9. The number of aromatic nitrogens is 1. The van der Waals surface area contributed by atoms with E-state index in [-0.39, 0.29) is 29.8 Å². The molecular weight excluding hydrogens is 436 g/mol. The highest BCUT2D eigenvalue weighted by molar-refractivity contribution is 5.93. The van der Waals surface area contributed by atoms with Crippen molar-refractivity contribution >= 4 is 12.4 Å². The lowest BCUT2D eigenvalue weighted by Crippen LogP contribution is -2.45. The number of amides is 1. The summed E-state index contributed by atoms with van der Waals surface area (Å²) in [5.41, 5.74) is 4.17. The van der Waals surface area contributed by atoms with Crippen molar-refractivity contribution in [2.75, 3.05) is 26.7 Å². The molecule has 9 heteroatoms. The predicted octanol–water partition coefficient (Wildman–Crippen LogP) is 2.18. The van der Waals surface area contributed by atoms with E-state index in [9.17, 15) is 14.7 Å². The van der Waals surface area contributed by atoms with Gasteiger partial charge in [0.05, 0.1) is 13.2 Å². The van der Waals surface area contributed by atoms with Crippen molar-refractivity contribution in [1.29, 1.82) is 5.26 Å². The van der Waals surface area contributed by atoms with Crippen molar-refractivity contribution in [3.63, 3.8) is 0 Å². The van der Waals surface area contributed by atoms with Crippen molar-refractivity contribution in [3.05, 3.63) is 57.9 Å². The molecular formula is C25H30N4O5. The SMILES string of the molecule is COc1cc(C(=O)NC2CCN(C[C@H](O)c3ccc(C)c(COC=O)c3C)CC2)ncc1C#N. The van der Waals surface area contributed by atoms with E-state index in [1.54, 1.807) is 0 Å². The molecule has 180 valence electrons. The quantitative estimate of drug-likeness (QED) is 0.539. The highest BCUT2D eigenvalue weighted by Crippen LogP contribution is 2.26. The monoisotopic (exact) mass is 466 g/mol. The molecule has 3 rings (SSSR count). The third-order valence-corrected chi connectivity index (χ3v) is 6.32. The fourth-order valence-corrected chi connectivity index (χ4v) is 4.29. The van der Waals surface area contributed by atoms with Crippen molar-refractivity contribution in [2.24, 2.45) is 0 Å². The number of carbonyl (C=O) groups excluding carboxylic acids is 2. The van der Waals surface area contributed by atoms with Gasteiger partial charge in [-0.3, -0.25) is 9.59 Å². The number of likely N-dealkylation sites (tertiary alicyclic amines) is 1. The Morgan fingerprint density at radius 3 is 2.76 bits per heavy atom. The molecule has 1 amide bonds. The van der Waals surface area contributed by atoms with Gasteiger partial charge in [-0.15, -0.1) is 0 Å². The smallest absolute Gasteiger partial charge is 0.293 e. The molecule has 0 saturated carbocycles. The number of nitriles is 1. The van der Waals surface area contributed by atoms with Gasteiger partial charge >= 0.3 is 0 Å². The number of rotatable bonds is 9. The molecule has 1 aliphatic heterocycles. The largest absolute Gasteiger partial charge is 0.495 e. The van der Waals surface area contributed by atoms with Gasteiger partial charge in [0.2, 0.25) is 0 Å². The van der Waals surface area contributed by atoms with Gasteiger partial charge in [0, 0.05) is 37.9 Å². The lowest BCUT2D eigenvalue weighted by molar-refractivity contribution is -0.129. The third kappa shape index (κ3) is 5.90. The van der Waals surface area contributed by atoms with Crippen molar-refractivity contribution in [3.8, 4) is 11.8 Å². The number of pyridine rings is 1. The Balaban J connectivity index is 1.55. The number of β-amino-alcohol motifs (C(OH)–C–C–N with tert-alkyl or cyclic N) is 1. The average molecular weight is 467 g/mol. The highest BCUT2D eigenvalue weighted by Gasteiger charge is 2.25. The standard InChI is InChI=1S/C25H30N4O5/c1-16-4-5-20(17(2)21(16)14-34-15-30)23(31)13-29-8-6-19(7-9-29)28-25(32)22-10-24(33-3)18(11-26)12-27-22/h4-5,10,12,15,19,23,31H,6-9,13-14H2,1-3H3,(H,28,32)/t23-/m0/s1. The second kappa shape index (κ2) is 11.6. The van der Waals surface area contributed by atoms with Gasteiger partial charge in [-0.2, -0.15) is 5.26 Å². The summed E-state index contributed by atoms with van der Waals surface area (Å²) in [4.78, 5) is 29.4. The summed E-state index contributed by atoms with van der Waals surface area (Å²) in [6, 6.07) is 7.30. The van der Waals surface area contributed by atoms with Gasteiger partial charge in [-0.1, -0.05) is 12.1 Å². The van der Waals surface area contributed by atoms with E-state index in [1.165, 1.54) is 19.4 Å². The zero-order chi connectivity index (χ0) is 24.7. The van der Waals surface area contributed by atoms with E-state index in [1.807, 2.05) is 32.0 Å². The number of aliphatic hydroxyl groups excluding tert-OH is 1. The molecule has 34 heavy (non-hydrogen) atoms. The number of aliphatic hydroxyl groups is 1. The molecule has 1 saturated heterocycles. The van der Waals surface area contributed by atoms with Gasteiger partial charge < -0.3 is 24.8 Å². The van der Waals surface area contributed by atoms with Crippen molar-refractivity contribution in [1.82, 2.24) is 15.2 Å². The van der Waals surface area contributed by atoms with Gasteiger partial charge in [0.1, 0.15) is 29.7 Å². The lowest BCUT2D eigenvalue weighted by atomic mass is 9.94. The Hall–Kier alpha value is -3.48. The summed E-state index contributed by atoms with van der Waals surface area (Å²) >= 11 is 0. The van der Waals surface area contributed by atoms with Crippen LogP contribution in [0.5, 0.6) is 5.75 Å². The van der Waals surface area contributed by atoms with Crippen LogP contribution in [0.2, 0.25) is 0 Å². The van der Waals surface area contributed by atoms with E-state index in [4.69, 9.17) is 14.7 Å². The van der Waals surface area contributed by atoms with E-state index in [0.29, 0.717) is 18.8 Å². The molecule has 0 aliphatic carbocycles. The topological polar surface area (TPSA) is 125 Å². The molecule has 0 radical (unpaired) electrons. The number of benzene rings is 1. The molecule has 1 aliphatic rings. The number of piperidine rings is 1. The Morgan fingerprint density at radius 1 is 1.38 bits per heavy atom. The fraction of sp³-hybridized carbons (Fsp3) is 0.440. The first-order chi connectivity index (χ1) is 16.4. The minimum Gasteiger partial charge on any atom is -0.495 e. The van der Waals surface area contributed by atoms with Crippen LogP contribution in [0.1, 0.15) is 57.3 Å². The van der Waals surface area contributed by atoms with E-state index in [0.717, 1.165) is 48.2 Å². The first kappa shape index (κ1) is 25.1. The van der Waals surface area contributed by atoms with Crippen LogP contribution >= 0.6 is 0 Å². The van der Waals surface area contributed by atoms with E-state index >= 15 is 0 Å². The summed E-state index contributed by atoms with van der Waals surface area (Å²) in [7, 11) is 1.44. The molecule has 0 bridgehead atoms. The molecule has 2 aromatic rings. The number of carbonyl (C=O) groups is 2. The Labute approximate surface area is 199 Å². The fourth-order valence-electron chi connectivity index (χ4n) is 4.29. The number of hydrogen-bond donors (Lipinski definition) is 2. The van der Waals surface area contributed by atoms with Gasteiger partial charge in [0.25, 0.3) is 12.4 Å². The Morgan fingerprint density at radius 2 is 2.12 bits per heavy atom. The van der Waals surface area contributed by atoms with Crippen molar-refractivity contribution < 1.29 is 24.2 Å². The van der Waals surface area contributed by atoms with E-state index in [2.05, 4.69) is 15.2 Å². The molecule has 9 nitrogen and oxygen atoms in total. The zero-order valence-electron chi connectivity index (χ0n) is 19.7.